The van der Waals surface area contributed by atoms with Crippen LogP contribution in [0.5, 0.6) is 5.75 Å². The van der Waals surface area contributed by atoms with Crippen LogP contribution in [0.25, 0.3) is 0 Å². The summed E-state index contributed by atoms with van der Waals surface area (Å²) in [6.07, 6.45) is 0.531. The number of benzene rings is 2. The highest BCUT2D eigenvalue weighted by Gasteiger charge is 2.33. The fourth-order valence-electron chi connectivity index (χ4n) is 2.95. The van der Waals surface area contributed by atoms with Gasteiger partial charge in [0.15, 0.2) is 0 Å². The quantitative estimate of drug-likeness (QED) is 0.807. The molecule has 140 valence electrons. The maximum Gasteiger partial charge on any atom is 0.251 e. The van der Waals surface area contributed by atoms with Crippen LogP contribution < -0.4 is 20.3 Å². The molecule has 3 rings (SSSR count). The van der Waals surface area contributed by atoms with Crippen LogP contribution in [0.15, 0.2) is 54.6 Å². The van der Waals surface area contributed by atoms with Crippen molar-refractivity contribution in [2.24, 2.45) is 0 Å². The molecule has 1 unspecified atom stereocenters. The van der Waals surface area contributed by atoms with E-state index in [1.807, 2.05) is 30.3 Å². The van der Waals surface area contributed by atoms with Gasteiger partial charge < -0.3 is 20.3 Å². The van der Waals surface area contributed by atoms with Crippen molar-refractivity contribution in [2.45, 2.75) is 12.5 Å². The Labute approximate surface area is 157 Å². The second-order valence-electron chi connectivity index (χ2n) is 6.15. The second-order valence-corrected chi connectivity index (χ2v) is 6.15. The molecule has 27 heavy (non-hydrogen) atoms. The minimum atomic E-state index is -0.577. The van der Waals surface area contributed by atoms with Gasteiger partial charge in [0.25, 0.3) is 5.91 Å². The number of carbonyl (C=O) groups is 3. The molecule has 0 bridgehead atoms. The third kappa shape index (κ3) is 4.44. The van der Waals surface area contributed by atoms with Gasteiger partial charge in [0.2, 0.25) is 11.8 Å². The normalized spacial score (nSPS) is 16.1. The molecule has 1 heterocycles. The lowest BCUT2D eigenvalue weighted by Crippen LogP contribution is -2.45. The topological polar surface area (TPSA) is 87.7 Å². The highest BCUT2D eigenvalue weighted by atomic mass is 16.5. The Hall–Kier alpha value is -3.35. The third-order valence-electron chi connectivity index (χ3n) is 4.35. The molecule has 2 N–H and O–H groups in total. The van der Waals surface area contributed by atoms with Crippen molar-refractivity contribution in [3.05, 3.63) is 60.2 Å². The first-order valence-corrected chi connectivity index (χ1v) is 8.66. The smallest absolute Gasteiger partial charge is 0.251 e. The fraction of sp³-hybridized carbons (Fsp3) is 0.250. The van der Waals surface area contributed by atoms with Gasteiger partial charge in [-0.25, -0.2) is 0 Å². The van der Waals surface area contributed by atoms with Crippen LogP contribution in [0, 0.1) is 0 Å². The first-order chi connectivity index (χ1) is 13.1. The number of nitrogens with one attached hydrogen (secondary N) is 2. The number of amides is 3. The van der Waals surface area contributed by atoms with Crippen molar-refractivity contribution < 1.29 is 19.1 Å². The molecular weight excluding hydrogens is 346 g/mol. The van der Waals surface area contributed by atoms with Gasteiger partial charge in [-0.3, -0.25) is 14.4 Å². The van der Waals surface area contributed by atoms with E-state index in [9.17, 15) is 14.4 Å². The van der Waals surface area contributed by atoms with Crippen LogP contribution in [0.2, 0.25) is 0 Å². The molecular formula is C20H21N3O4. The molecule has 3 amide bonds. The summed E-state index contributed by atoms with van der Waals surface area (Å²) < 4.78 is 5.08. The molecule has 2 aromatic carbocycles. The summed E-state index contributed by atoms with van der Waals surface area (Å²) >= 11 is 0. The van der Waals surface area contributed by atoms with Crippen LogP contribution in [-0.2, 0) is 9.59 Å². The van der Waals surface area contributed by atoms with Crippen molar-refractivity contribution in [2.75, 3.05) is 25.1 Å². The van der Waals surface area contributed by atoms with Gasteiger partial charge in [-0.05, 0) is 36.8 Å². The largest absolute Gasteiger partial charge is 0.497 e. The molecule has 0 spiro atoms. The number of carbonyl (C=O) groups excluding carboxylic acids is 3. The number of ether oxygens (including phenoxy) is 1. The van der Waals surface area contributed by atoms with Crippen molar-refractivity contribution in [1.82, 2.24) is 10.6 Å². The van der Waals surface area contributed by atoms with Crippen molar-refractivity contribution >= 4 is 23.4 Å². The highest BCUT2D eigenvalue weighted by Crippen LogP contribution is 2.21. The fourth-order valence-corrected chi connectivity index (χ4v) is 2.95. The van der Waals surface area contributed by atoms with Gasteiger partial charge in [0.05, 0.1) is 13.7 Å². The first-order valence-electron chi connectivity index (χ1n) is 8.66. The number of methoxy groups -OCH3 is 1. The van der Waals surface area contributed by atoms with E-state index in [4.69, 9.17) is 4.74 Å². The van der Waals surface area contributed by atoms with Gasteiger partial charge in [-0.1, -0.05) is 24.3 Å². The summed E-state index contributed by atoms with van der Waals surface area (Å²) in [6, 6.07) is 15.4. The summed E-state index contributed by atoms with van der Waals surface area (Å²) in [4.78, 5) is 38.4. The van der Waals surface area contributed by atoms with Gasteiger partial charge in [0, 0.05) is 17.8 Å². The zero-order valence-electron chi connectivity index (χ0n) is 15.0. The first kappa shape index (κ1) is 18.4. The Morgan fingerprint density at radius 1 is 1.15 bits per heavy atom. The van der Waals surface area contributed by atoms with E-state index < -0.39 is 11.9 Å². The minimum Gasteiger partial charge on any atom is -0.497 e. The molecule has 1 aliphatic rings. The lowest BCUT2D eigenvalue weighted by Gasteiger charge is -2.17. The Bertz CT molecular complexity index is 838. The van der Waals surface area contributed by atoms with Crippen molar-refractivity contribution in [3.63, 3.8) is 0 Å². The van der Waals surface area contributed by atoms with E-state index >= 15 is 0 Å². The maximum absolute atomic E-state index is 12.5. The van der Waals surface area contributed by atoms with Crippen LogP contribution in [0.1, 0.15) is 16.8 Å². The van der Waals surface area contributed by atoms with E-state index in [0.717, 1.165) is 5.69 Å². The summed E-state index contributed by atoms with van der Waals surface area (Å²) in [7, 11) is 1.52. The Kier molecular flexibility index (Phi) is 5.71. The SMILES string of the molecule is COc1cccc(C(=O)NCC(=O)NC2CCN(c3ccccc3)C2=O)c1. The van der Waals surface area contributed by atoms with Crippen LogP contribution in [0.4, 0.5) is 5.69 Å². The van der Waals surface area contributed by atoms with Crippen LogP contribution in [-0.4, -0.2) is 44.0 Å². The number of anilines is 1. The minimum absolute atomic E-state index is 0.145. The van der Waals surface area contributed by atoms with Gasteiger partial charge in [-0.2, -0.15) is 0 Å². The molecule has 1 atom stereocenters. The standard InChI is InChI=1S/C20H21N3O4/c1-27-16-9-5-6-14(12-16)19(25)21-13-18(24)22-17-10-11-23(20(17)26)15-7-3-2-4-8-15/h2-9,12,17H,10-11,13H2,1H3,(H,21,25)(H,22,24). The van der Waals surface area contributed by atoms with Gasteiger partial charge >= 0.3 is 0 Å². The Morgan fingerprint density at radius 2 is 1.93 bits per heavy atom. The molecule has 1 fully saturated rings. The number of para-hydroxylation sites is 1. The molecule has 1 aliphatic heterocycles. The molecule has 7 nitrogen and oxygen atoms in total. The molecule has 0 aliphatic carbocycles. The number of nitrogens with zero attached hydrogens (tertiary/aromatic N) is 1. The summed E-state index contributed by atoms with van der Waals surface area (Å²) in [5.41, 5.74) is 1.21. The predicted molar refractivity (Wildman–Crippen MR) is 101 cm³/mol. The average Bonchev–Trinajstić information content (AvgIpc) is 3.07. The van der Waals surface area contributed by atoms with E-state index in [1.165, 1.54) is 7.11 Å². The molecule has 0 aromatic heterocycles. The van der Waals surface area contributed by atoms with E-state index in [-0.39, 0.29) is 18.4 Å². The second kappa shape index (κ2) is 8.35. The molecule has 2 aromatic rings. The van der Waals surface area contributed by atoms with E-state index in [2.05, 4.69) is 10.6 Å². The summed E-state index contributed by atoms with van der Waals surface area (Å²) in [6.45, 7) is 0.342. The molecule has 1 saturated heterocycles. The monoisotopic (exact) mass is 367 g/mol. The number of rotatable bonds is 6. The number of hydrogen-bond donors (Lipinski definition) is 2. The average molecular weight is 367 g/mol. The third-order valence-corrected chi connectivity index (χ3v) is 4.35. The van der Waals surface area contributed by atoms with E-state index in [1.54, 1.807) is 29.2 Å². The summed E-state index contributed by atoms with van der Waals surface area (Å²) in [5.74, 6) is -0.370. The van der Waals surface area contributed by atoms with Crippen LogP contribution >= 0.6 is 0 Å². The predicted octanol–water partition coefficient (Wildman–Crippen LogP) is 1.35. The maximum atomic E-state index is 12.5. The van der Waals surface area contributed by atoms with Gasteiger partial charge in [-0.15, -0.1) is 0 Å². The zero-order valence-corrected chi connectivity index (χ0v) is 15.0. The van der Waals surface area contributed by atoms with Crippen LogP contribution in [0.3, 0.4) is 0 Å². The molecule has 0 saturated carbocycles. The van der Waals surface area contributed by atoms with E-state index in [0.29, 0.717) is 24.3 Å². The Balaban J connectivity index is 1.51. The lowest BCUT2D eigenvalue weighted by molar-refractivity contribution is -0.125. The van der Waals surface area contributed by atoms with Crippen molar-refractivity contribution in [3.8, 4) is 5.75 Å². The summed E-state index contributed by atoms with van der Waals surface area (Å²) in [5, 5.41) is 5.24. The van der Waals surface area contributed by atoms with Gasteiger partial charge in [0.1, 0.15) is 11.8 Å². The lowest BCUT2D eigenvalue weighted by atomic mass is 10.2. The van der Waals surface area contributed by atoms with Crippen molar-refractivity contribution in [1.29, 1.82) is 0 Å². The zero-order chi connectivity index (χ0) is 19.2. The highest BCUT2D eigenvalue weighted by molar-refractivity contribution is 6.02. The molecule has 0 radical (unpaired) electrons. The molecule has 7 heteroatoms. The number of hydrogen-bond acceptors (Lipinski definition) is 4. The Morgan fingerprint density at radius 3 is 2.67 bits per heavy atom.